The first-order valence-electron chi connectivity index (χ1n) is 9.50. The Morgan fingerprint density at radius 1 is 1.00 bits per heavy atom. The van der Waals surface area contributed by atoms with Crippen molar-refractivity contribution in [2.45, 2.75) is 27.7 Å². The number of nitrogens with zero attached hydrogens (tertiary/aromatic N) is 1. The van der Waals surface area contributed by atoms with Crippen molar-refractivity contribution < 1.29 is 30.0 Å². The number of carbonyl (C=O) groups is 1. The molecule has 0 saturated carbocycles. The molecule has 4 rings (SSSR count). The van der Waals surface area contributed by atoms with Crippen molar-refractivity contribution in [3.63, 3.8) is 0 Å². The van der Waals surface area contributed by atoms with Crippen LogP contribution in [0.2, 0.25) is 0 Å². The summed E-state index contributed by atoms with van der Waals surface area (Å²) >= 11 is 0. The number of carbonyl (C=O) groups excluding carboxylic acids is 1. The number of rotatable bonds is 2. The SMILES string of the molecule is CC(=O)/C=C(/C)O.Cc1ccc2nc(-c3[c-]cc4ccccc4c3)cc(C)c2c1.[Ir]. The van der Waals surface area contributed by atoms with Gasteiger partial charge < -0.3 is 5.11 Å². The fourth-order valence-corrected chi connectivity index (χ4v) is 3.21. The monoisotopic (exact) mass is 575 g/mol. The van der Waals surface area contributed by atoms with Gasteiger partial charge in [0.05, 0.1) is 11.3 Å². The van der Waals surface area contributed by atoms with Gasteiger partial charge in [-0.15, -0.1) is 29.1 Å². The predicted molar refractivity (Wildman–Crippen MR) is 120 cm³/mol. The van der Waals surface area contributed by atoms with Crippen LogP contribution in [0.4, 0.5) is 0 Å². The van der Waals surface area contributed by atoms with Gasteiger partial charge in [0.15, 0.2) is 5.78 Å². The first-order valence-corrected chi connectivity index (χ1v) is 9.50. The van der Waals surface area contributed by atoms with Crippen molar-refractivity contribution in [3.8, 4) is 11.3 Å². The Morgan fingerprint density at radius 2 is 1.70 bits per heavy atom. The van der Waals surface area contributed by atoms with Gasteiger partial charge in [-0.05, 0) is 51.1 Å². The van der Waals surface area contributed by atoms with E-state index in [1.165, 1.54) is 47.2 Å². The molecule has 4 heteroatoms. The number of hydrogen-bond acceptors (Lipinski definition) is 3. The van der Waals surface area contributed by atoms with Crippen molar-refractivity contribution >= 4 is 27.5 Å². The first-order chi connectivity index (χ1) is 13.8. The zero-order valence-electron chi connectivity index (χ0n) is 17.5. The fraction of sp³-hybridized carbons (Fsp3) is 0.154. The van der Waals surface area contributed by atoms with Crippen LogP contribution in [-0.4, -0.2) is 15.9 Å². The predicted octanol–water partition coefficient (Wildman–Crippen LogP) is 6.51. The molecule has 30 heavy (non-hydrogen) atoms. The van der Waals surface area contributed by atoms with Crippen LogP contribution >= 0.6 is 0 Å². The third-order valence-corrected chi connectivity index (χ3v) is 4.54. The van der Waals surface area contributed by atoms with E-state index >= 15 is 0 Å². The summed E-state index contributed by atoms with van der Waals surface area (Å²) in [5.41, 5.74) is 5.60. The summed E-state index contributed by atoms with van der Waals surface area (Å²) in [6.45, 7) is 7.11. The van der Waals surface area contributed by atoms with Gasteiger partial charge in [-0.3, -0.25) is 9.78 Å². The third kappa shape index (κ3) is 5.85. The van der Waals surface area contributed by atoms with Gasteiger partial charge in [-0.2, -0.15) is 0 Å². The van der Waals surface area contributed by atoms with Crippen LogP contribution in [0, 0.1) is 19.9 Å². The average molecular weight is 575 g/mol. The summed E-state index contributed by atoms with van der Waals surface area (Å²) in [5.74, 6) is -0.0625. The molecule has 3 aromatic carbocycles. The Hall–Kier alpha value is -2.81. The molecule has 155 valence electrons. The zero-order valence-corrected chi connectivity index (χ0v) is 19.9. The Balaban J connectivity index is 0.000000350. The van der Waals surface area contributed by atoms with Gasteiger partial charge in [0.1, 0.15) is 0 Å². The van der Waals surface area contributed by atoms with E-state index in [2.05, 4.69) is 74.5 Å². The van der Waals surface area contributed by atoms with Gasteiger partial charge in [-0.25, -0.2) is 0 Å². The molecule has 1 radical (unpaired) electrons. The second-order valence-electron chi connectivity index (χ2n) is 7.22. The third-order valence-electron chi connectivity index (χ3n) is 4.54. The van der Waals surface area contributed by atoms with Crippen LogP contribution in [0.15, 0.2) is 72.5 Å². The molecule has 0 spiro atoms. The summed E-state index contributed by atoms with van der Waals surface area (Å²) in [7, 11) is 0. The van der Waals surface area contributed by atoms with Crippen molar-refractivity contribution in [2.24, 2.45) is 0 Å². The van der Waals surface area contributed by atoms with Gasteiger partial charge in [-0.1, -0.05) is 47.3 Å². The molecule has 0 unspecified atom stereocenters. The normalized spacial score (nSPS) is 10.9. The molecule has 0 aliphatic carbocycles. The van der Waals surface area contributed by atoms with Gasteiger partial charge in [0.2, 0.25) is 0 Å². The van der Waals surface area contributed by atoms with E-state index in [0.717, 1.165) is 16.8 Å². The Morgan fingerprint density at radius 3 is 2.33 bits per heavy atom. The van der Waals surface area contributed by atoms with Crippen molar-refractivity contribution in [1.29, 1.82) is 0 Å². The summed E-state index contributed by atoms with van der Waals surface area (Å²) in [6, 6.07) is 24.5. The summed E-state index contributed by atoms with van der Waals surface area (Å²) in [6.07, 6.45) is 1.17. The number of aliphatic hydroxyl groups excluding tert-OH is 1. The number of benzene rings is 3. The Bertz CT molecular complexity index is 1220. The summed E-state index contributed by atoms with van der Waals surface area (Å²) < 4.78 is 0. The van der Waals surface area contributed by atoms with E-state index in [1.54, 1.807) is 0 Å². The minimum atomic E-state index is -0.125. The molecule has 0 atom stereocenters. The van der Waals surface area contributed by atoms with E-state index in [9.17, 15) is 4.79 Å². The number of allylic oxidation sites excluding steroid dienone is 2. The second-order valence-corrected chi connectivity index (χ2v) is 7.22. The molecular weight excluding hydrogens is 551 g/mol. The molecule has 1 N–H and O–H groups in total. The molecule has 0 aliphatic rings. The molecule has 1 aromatic heterocycles. The quantitative estimate of drug-likeness (QED) is 0.169. The molecule has 4 aromatic rings. The number of fused-ring (bicyclic) bond motifs is 2. The molecule has 3 nitrogen and oxygen atoms in total. The van der Waals surface area contributed by atoms with Crippen LogP contribution in [-0.2, 0) is 24.9 Å². The molecule has 0 amide bonds. The maximum absolute atomic E-state index is 10.0. The van der Waals surface area contributed by atoms with Crippen LogP contribution < -0.4 is 0 Å². The second kappa shape index (κ2) is 10.3. The van der Waals surface area contributed by atoms with E-state index in [0.29, 0.717) is 0 Å². The first kappa shape index (κ1) is 23.5. The largest absolute Gasteiger partial charge is 0.512 e. The maximum Gasteiger partial charge on any atom is 0.155 e. The average Bonchev–Trinajstić information content (AvgIpc) is 2.67. The minimum Gasteiger partial charge on any atom is -0.512 e. The number of hydrogen-bond donors (Lipinski definition) is 1. The number of ketones is 1. The number of aromatic nitrogens is 1. The molecular formula is C26H24IrNO2-. The topological polar surface area (TPSA) is 50.2 Å². The number of pyridine rings is 1. The van der Waals surface area contributed by atoms with Gasteiger partial charge in [0, 0.05) is 31.6 Å². The van der Waals surface area contributed by atoms with E-state index in [1.807, 2.05) is 6.07 Å². The van der Waals surface area contributed by atoms with Crippen LogP contribution in [0.1, 0.15) is 25.0 Å². The summed E-state index contributed by atoms with van der Waals surface area (Å²) in [4.78, 5) is 14.8. The standard InChI is InChI=1S/C21H16N.C5H8O2.Ir/c1-14-7-10-20-19(11-14)15(2)12-21(22-20)18-9-8-16-5-3-4-6-17(16)13-18;1-4(6)3-5(2)7;/h3-8,10-13H,1-2H3;3,6H,1-2H3;/q-1;;/b;4-3-;. The molecule has 0 saturated heterocycles. The van der Waals surface area contributed by atoms with Gasteiger partial charge in [0.25, 0.3) is 0 Å². The van der Waals surface area contributed by atoms with Crippen molar-refractivity contribution in [3.05, 3.63) is 89.7 Å². The molecule has 1 heterocycles. The Kier molecular flexibility index (Phi) is 8.05. The Labute approximate surface area is 190 Å². The van der Waals surface area contributed by atoms with Crippen LogP contribution in [0.3, 0.4) is 0 Å². The molecule has 0 fully saturated rings. The van der Waals surface area contributed by atoms with E-state index in [4.69, 9.17) is 10.1 Å². The number of aryl methyl sites for hydroxylation is 2. The van der Waals surface area contributed by atoms with E-state index < -0.39 is 0 Å². The smallest absolute Gasteiger partial charge is 0.155 e. The summed E-state index contributed by atoms with van der Waals surface area (Å²) in [5, 5.41) is 12.0. The van der Waals surface area contributed by atoms with Crippen molar-refractivity contribution in [2.75, 3.05) is 0 Å². The fourth-order valence-electron chi connectivity index (χ4n) is 3.21. The number of aliphatic hydroxyl groups is 1. The van der Waals surface area contributed by atoms with Crippen LogP contribution in [0.25, 0.3) is 32.9 Å². The zero-order chi connectivity index (χ0) is 21.0. The van der Waals surface area contributed by atoms with E-state index in [-0.39, 0.29) is 31.6 Å². The van der Waals surface area contributed by atoms with Crippen LogP contribution in [0.5, 0.6) is 0 Å². The molecule has 0 aliphatic heterocycles. The minimum absolute atomic E-state index is 0. The maximum atomic E-state index is 10.0. The molecule has 0 bridgehead atoms. The van der Waals surface area contributed by atoms with Crippen molar-refractivity contribution in [1.82, 2.24) is 4.98 Å². The van der Waals surface area contributed by atoms with Gasteiger partial charge >= 0.3 is 0 Å².